The van der Waals surface area contributed by atoms with Crippen molar-refractivity contribution < 1.29 is 0 Å². The lowest BCUT2D eigenvalue weighted by Gasteiger charge is -2.16. The minimum absolute atomic E-state index is 1.04. The van der Waals surface area contributed by atoms with Crippen LogP contribution in [0.15, 0.2) is 0 Å². The van der Waals surface area contributed by atoms with Crippen LogP contribution in [0.25, 0.3) is 0 Å². The van der Waals surface area contributed by atoms with Crippen LogP contribution in [-0.4, -0.2) is 0 Å². The van der Waals surface area contributed by atoms with E-state index in [1.807, 2.05) is 0 Å². The average Bonchev–Trinajstić information content (AvgIpc) is 2.43. The first-order valence-electron chi connectivity index (χ1n) is 9.35. The summed E-state index contributed by atoms with van der Waals surface area (Å²) in [5.41, 5.74) is 0. The highest BCUT2D eigenvalue weighted by atomic mass is 14.1. The quantitative estimate of drug-likeness (QED) is 0.269. The smallest absolute Gasteiger partial charge is 0.0414 e. The van der Waals surface area contributed by atoms with Crippen LogP contribution in [0.3, 0.4) is 0 Å². The zero-order chi connectivity index (χ0) is 14.2. The van der Waals surface area contributed by atoms with Gasteiger partial charge in [-0.25, -0.2) is 0 Å². The molecule has 0 aromatic heterocycles. The maximum atomic E-state index is 2.33. The predicted octanol–water partition coefficient (Wildman–Crippen LogP) is 7.51. The zero-order valence-corrected chi connectivity index (χ0v) is 14.2. The molecule has 0 heterocycles. The Morgan fingerprint density at radius 1 is 0.421 bits per heavy atom. The normalized spacial score (nSPS) is 11.4. The first-order valence-corrected chi connectivity index (χ1v) is 9.35. The van der Waals surface area contributed by atoms with E-state index in [9.17, 15) is 0 Å². The Kier molecular flexibility index (Phi) is 16.1. The van der Waals surface area contributed by atoms with E-state index in [0.717, 1.165) is 5.92 Å². The molecule has 0 unspecified atom stereocenters. The third-order valence-corrected chi connectivity index (χ3v) is 4.40. The van der Waals surface area contributed by atoms with E-state index in [0.29, 0.717) is 0 Å². The molecule has 0 aromatic rings. The molecule has 0 nitrogen and oxygen atoms in total. The first-order chi connectivity index (χ1) is 9.35. The molecule has 0 fully saturated rings. The topological polar surface area (TPSA) is 0 Å². The average molecular weight is 269 g/mol. The van der Waals surface area contributed by atoms with Gasteiger partial charge in [0, 0.05) is 0 Å². The molecule has 0 amide bonds. The van der Waals surface area contributed by atoms with Crippen LogP contribution in [0, 0.1) is 5.92 Å². The Labute approximate surface area is 123 Å². The number of hydrogen-bond acceptors (Lipinski definition) is 0. The van der Waals surface area contributed by atoms with Crippen LogP contribution in [0.5, 0.6) is 0 Å². The van der Waals surface area contributed by atoms with Gasteiger partial charge >= 0.3 is 0 Å². The summed E-state index contributed by atoms with van der Waals surface area (Å²) in [5, 5.41) is 0. The molecule has 116 valence electrons. The van der Waals surface area contributed by atoms with Crippen LogP contribution in [0.4, 0.5) is 0 Å². The molecule has 0 saturated carbocycles. The Hall–Kier alpha value is 0. The fourth-order valence-corrected chi connectivity index (χ4v) is 2.99. The summed E-state index contributed by atoms with van der Waals surface area (Å²) in [6.45, 7) is 6.95. The van der Waals surface area contributed by atoms with Gasteiger partial charge in [0.25, 0.3) is 0 Å². The Morgan fingerprint density at radius 2 is 0.789 bits per heavy atom. The van der Waals surface area contributed by atoms with Crippen molar-refractivity contribution in [3.63, 3.8) is 0 Å². The molecule has 0 radical (unpaired) electrons. The molecule has 0 atom stereocenters. The number of hydrogen-bond donors (Lipinski definition) is 0. The van der Waals surface area contributed by atoms with Gasteiger partial charge < -0.3 is 0 Å². The molecule has 0 heteroatoms. The van der Waals surface area contributed by atoms with Crippen LogP contribution in [0.2, 0.25) is 0 Å². The van der Waals surface area contributed by atoms with Crippen LogP contribution < -0.4 is 0 Å². The van der Waals surface area contributed by atoms with Gasteiger partial charge in [-0.1, -0.05) is 117 Å². The van der Waals surface area contributed by atoms with Crippen molar-refractivity contribution in [1.82, 2.24) is 0 Å². The Bertz CT molecular complexity index is 142. The molecule has 0 aliphatic carbocycles. The van der Waals surface area contributed by atoms with Crippen molar-refractivity contribution in [1.29, 1.82) is 0 Å². The fourth-order valence-electron chi connectivity index (χ4n) is 2.99. The maximum absolute atomic E-state index is 2.33. The summed E-state index contributed by atoms with van der Waals surface area (Å²) in [4.78, 5) is 0. The summed E-state index contributed by atoms with van der Waals surface area (Å²) in [6, 6.07) is 0. The van der Waals surface area contributed by atoms with E-state index in [-0.39, 0.29) is 0 Å². The minimum atomic E-state index is 1.04. The van der Waals surface area contributed by atoms with Gasteiger partial charge in [-0.3, -0.25) is 0 Å². The van der Waals surface area contributed by atoms with Gasteiger partial charge in [0.05, 0.1) is 0 Å². The summed E-state index contributed by atoms with van der Waals surface area (Å²) in [5.74, 6) is 1.04. The lowest BCUT2D eigenvalue weighted by atomic mass is 9.90. The molecular weight excluding hydrogens is 228 g/mol. The van der Waals surface area contributed by atoms with Gasteiger partial charge in [0.15, 0.2) is 0 Å². The monoisotopic (exact) mass is 268 g/mol. The third-order valence-electron chi connectivity index (χ3n) is 4.40. The molecule has 0 aromatic carbocycles. The Morgan fingerprint density at radius 3 is 1.26 bits per heavy atom. The highest BCUT2D eigenvalue weighted by Crippen LogP contribution is 2.23. The maximum Gasteiger partial charge on any atom is -0.0414 e. The summed E-state index contributed by atoms with van der Waals surface area (Å²) in [7, 11) is 0. The van der Waals surface area contributed by atoms with Crippen molar-refractivity contribution in [2.24, 2.45) is 5.92 Å². The van der Waals surface area contributed by atoms with Crippen molar-refractivity contribution in [2.75, 3.05) is 0 Å². The molecule has 0 aliphatic rings. The highest BCUT2D eigenvalue weighted by Gasteiger charge is 2.07. The zero-order valence-electron chi connectivity index (χ0n) is 14.2. The second-order valence-electron chi connectivity index (χ2n) is 6.41. The second kappa shape index (κ2) is 16.1. The molecule has 0 rings (SSSR count). The van der Waals surface area contributed by atoms with Gasteiger partial charge in [-0.15, -0.1) is 0 Å². The molecular formula is C19H40. The molecule has 0 N–H and O–H groups in total. The van der Waals surface area contributed by atoms with E-state index in [1.165, 1.54) is 96.3 Å². The lowest BCUT2D eigenvalue weighted by Crippen LogP contribution is -2.01. The molecule has 19 heavy (non-hydrogen) atoms. The van der Waals surface area contributed by atoms with E-state index >= 15 is 0 Å². The number of rotatable bonds is 15. The SMILES string of the molecule is CCCCCCCCCCC(CCCC)CCCC. The van der Waals surface area contributed by atoms with E-state index in [2.05, 4.69) is 20.8 Å². The standard InChI is InChI=1S/C19H40/c1-4-7-10-11-12-13-14-15-18-19(16-8-5-2)17-9-6-3/h19H,4-18H2,1-3H3. The van der Waals surface area contributed by atoms with E-state index < -0.39 is 0 Å². The summed E-state index contributed by atoms with van der Waals surface area (Å²) < 4.78 is 0. The fraction of sp³-hybridized carbons (Fsp3) is 1.00. The van der Waals surface area contributed by atoms with Gasteiger partial charge in [-0.2, -0.15) is 0 Å². The molecule has 0 spiro atoms. The van der Waals surface area contributed by atoms with Crippen LogP contribution in [0.1, 0.15) is 117 Å². The molecule has 0 saturated heterocycles. The van der Waals surface area contributed by atoms with Crippen molar-refractivity contribution in [2.45, 2.75) is 117 Å². The van der Waals surface area contributed by atoms with Crippen LogP contribution in [-0.2, 0) is 0 Å². The highest BCUT2D eigenvalue weighted by molar-refractivity contribution is 4.60. The summed E-state index contributed by atoms with van der Waals surface area (Å²) in [6.07, 6.45) is 21.8. The molecule has 0 bridgehead atoms. The van der Waals surface area contributed by atoms with E-state index in [4.69, 9.17) is 0 Å². The van der Waals surface area contributed by atoms with Gasteiger partial charge in [-0.05, 0) is 5.92 Å². The number of unbranched alkanes of at least 4 members (excludes halogenated alkanes) is 9. The Balaban J connectivity index is 3.40. The van der Waals surface area contributed by atoms with Crippen LogP contribution >= 0.6 is 0 Å². The van der Waals surface area contributed by atoms with Crippen molar-refractivity contribution >= 4 is 0 Å². The van der Waals surface area contributed by atoms with Crippen molar-refractivity contribution in [3.05, 3.63) is 0 Å². The van der Waals surface area contributed by atoms with Gasteiger partial charge in [0.1, 0.15) is 0 Å². The summed E-state index contributed by atoms with van der Waals surface area (Å²) >= 11 is 0. The second-order valence-corrected chi connectivity index (χ2v) is 6.41. The van der Waals surface area contributed by atoms with Crippen molar-refractivity contribution in [3.8, 4) is 0 Å². The first kappa shape index (κ1) is 19.0. The minimum Gasteiger partial charge on any atom is -0.0654 e. The predicted molar refractivity (Wildman–Crippen MR) is 89.8 cm³/mol. The lowest BCUT2D eigenvalue weighted by molar-refractivity contribution is 0.376. The molecule has 0 aliphatic heterocycles. The largest absolute Gasteiger partial charge is 0.0654 e. The third kappa shape index (κ3) is 14.2. The van der Waals surface area contributed by atoms with E-state index in [1.54, 1.807) is 0 Å². The van der Waals surface area contributed by atoms with Gasteiger partial charge in [0.2, 0.25) is 0 Å².